The number of carbonyl (C=O) groups is 2. The molecule has 1 aliphatic heterocycles. The molecular weight excluding hydrogens is 258 g/mol. The first kappa shape index (κ1) is 15.3. The van der Waals surface area contributed by atoms with Crippen molar-refractivity contribution in [1.29, 1.82) is 0 Å². The van der Waals surface area contributed by atoms with Crippen molar-refractivity contribution in [3.63, 3.8) is 0 Å². The Bertz CT molecular complexity index is 361. The molecule has 0 radical (unpaired) electrons. The van der Waals surface area contributed by atoms with Crippen LogP contribution in [-0.4, -0.2) is 47.7 Å². The Kier molecular flexibility index (Phi) is 5.02. The van der Waals surface area contributed by atoms with Gasteiger partial charge in [-0.1, -0.05) is 25.7 Å². The molecule has 1 atom stereocenters. The first-order valence-electron chi connectivity index (χ1n) is 7.66. The van der Waals surface area contributed by atoms with Gasteiger partial charge in [0, 0.05) is 19.5 Å². The van der Waals surface area contributed by atoms with Gasteiger partial charge in [0.1, 0.15) is 0 Å². The highest BCUT2D eigenvalue weighted by Gasteiger charge is 2.41. The number of hydrogen-bond donors (Lipinski definition) is 1. The van der Waals surface area contributed by atoms with Crippen LogP contribution in [0.2, 0.25) is 0 Å². The van der Waals surface area contributed by atoms with Gasteiger partial charge in [0.15, 0.2) is 0 Å². The van der Waals surface area contributed by atoms with E-state index in [1.165, 1.54) is 0 Å². The number of hydrogen-bond acceptors (Lipinski definition) is 3. The number of carboxylic acid groups (broad SMARTS) is 1. The van der Waals surface area contributed by atoms with Gasteiger partial charge in [0.25, 0.3) is 0 Å². The van der Waals surface area contributed by atoms with Gasteiger partial charge in [-0.2, -0.15) is 0 Å². The van der Waals surface area contributed by atoms with Gasteiger partial charge in [-0.3, -0.25) is 9.59 Å². The van der Waals surface area contributed by atoms with Crippen LogP contribution in [0, 0.1) is 5.41 Å². The van der Waals surface area contributed by atoms with Crippen molar-refractivity contribution in [3.8, 4) is 0 Å². The molecule has 1 saturated heterocycles. The van der Waals surface area contributed by atoms with Gasteiger partial charge in [0.2, 0.25) is 5.91 Å². The standard InChI is InChI=1S/C15H25NO4/c1-12-11-16(8-9-20-12)13(17)10-15(14(18)19)6-4-2-3-5-7-15/h12H,2-11H2,1H3,(H,18,19). The molecule has 1 N–H and O–H groups in total. The molecule has 1 saturated carbocycles. The van der Waals surface area contributed by atoms with E-state index in [-0.39, 0.29) is 18.4 Å². The van der Waals surface area contributed by atoms with Gasteiger partial charge < -0.3 is 14.7 Å². The molecule has 1 heterocycles. The Morgan fingerprint density at radius 2 is 1.90 bits per heavy atom. The van der Waals surface area contributed by atoms with Crippen LogP contribution in [0.25, 0.3) is 0 Å². The van der Waals surface area contributed by atoms with E-state index >= 15 is 0 Å². The molecule has 1 aliphatic carbocycles. The number of rotatable bonds is 3. The van der Waals surface area contributed by atoms with Gasteiger partial charge in [-0.25, -0.2) is 0 Å². The van der Waals surface area contributed by atoms with E-state index in [1.807, 2.05) is 6.92 Å². The number of morpholine rings is 1. The second-order valence-electron chi connectivity index (χ2n) is 6.20. The summed E-state index contributed by atoms with van der Waals surface area (Å²) < 4.78 is 5.43. The van der Waals surface area contributed by atoms with E-state index < -0.39 is 11.4 Å². The summed E-state index contributed by atoms with van der Waals surface area (Å²) >= 11 is 0. The number of ether oxygens (including phenoxy) is 1. The predicted octanol–water partition coefficient (Wildman–Crippen LogP) is 2.05. The van der Waals surface area contributed by atoms with Crippen LogP contribution in [-0.2, 0) is 14.3 Å². The quantitative estimate of drug-likeness (QED) is 0.805. The maximum absolute atomic E-state index is 12.4. The average Bonchev–Trinajstić information content (AvgIpc) is 2.65. The third-order valence-corrected chi connectivity index (χ3v) is 4.60. The fourth-order valence-electron chi connectivity index (χ4n) is 3.32. The number of amides is 1. The monoisotopic (exact) mass is 283 g/mol. The molecule has 1 amide bonds. The van der Waals surface area contributed by atoms with Crippen LogP contribution in [0.3, 0.4) is 0 Å². The summed E-state index contributed by atoms with van der Waals surface area (Å²) in [4.78, 5) is 25.9. The van der Waals surface area contributed by atoms with Crippen LogP contribution in [0.1, 0.15) is 51.9 Å². The lowest BCUT2D eigenvalue weighted by Gasteiger charge is -2.34. The molecule has 2 fully saturated rings. The molecular formula is C15H25NO4. The van der Waals surface area contributed by atoms with E-state index in [9.17, 15) is 14.7 Å². The molecule has 1 unspecified atom stereocenters. The van der Waals surface area contributed by atoms with Gasteiger partial charge >= 0.3 is 5.97 Å². The Balaban J connectivity index is 2.03. The summed E-state index contributed by atoms with van der Waals surface area (Å²) in [5.74, 6) is -0.821. The van der Waals surface area contributed by atoms with Crippen molar-refractivity contribution in [2.75, 3.05) is 19.7 Å². The third kappa shape index (κ3) is 3.51. The topological polar surface area (TPSA) is 66.8 Å². The Labute approximate surface area is 120 Å². The summed E-state index contributed by atoms with van der Waals surface area (Å²) in [5.41, 5.74) is -0.838. The van der Waals surface area contributed by atoms with Crippen LogP contribution >= 0.6 is 0 Å². The zero-order chi connectivity index (χ0) is 14.6. The molecule has 0 spiro atoms. The maximum Gasteiger partial charge on any atom is 0.310 e. The predicted molar refractivity (Wildman–Crippen MR) is 74.4 cm³/mol. The summed E-state index contributed by atoms with van der Waals surface area (Å²) in [5, 5.41) is 9.62. The van der Waals surface area contributed by atoms with Crippen molar-refractivity contribution in [1.82, 2.24) is 4.90 Å². The van der Waals surface area contributed by atoms with Crippen LogP contribution in [0.5, 0.6) is 0 Å². The summed E-state index contributed by atoms with van der Waals surface area (Å²) in [6.45, 7) is 3.65. The normalized spacial score (nSPS) is 26.9. The van der Waals surface area contributed by atoms with Gasteiger partial charge in [-0.05, 0) is 19.8 Å². The Hall–Kier alpha value is -1.10. The number of nitrogens with zero attached hydrogens (tertiary/aromatic N) is 1. The summed E-state index contributed by atoms with van der Waals surface area (Å²) in [7, 11) is 0. The largest absolute Gasteiger partial charge is 0.481 e. The van der Waals surface area contributed by atoms with E-state index in [0.717, 1.165) is 25.7 Å². The molecule has 114 valence electrons. The van der Waals surface area contributed by atoms with Gasteiger partial charge in [0.05, 0.1) is 18.1 Å². The van der Waals surface area contributed by atoms with Gasteiger partial charge in [-0.15, -0.1) is 0 Å². The fourth-order valence-corrected chi connectivity index (χ4v) is 3.32. The lowest BCUT2D eigenvalue weighted by Crippen LogP contribution is -2.47. The summed E-state index contributed by atoms with van der Waals surface area (Å²) in [6.07, 6.45) is 5.45. The Morgan fingerprint density at radius 3 is 2.45 bits per heavy atom. The highest BCUT2D eigenvalue weighted by Crippen LogP contribution is 2.39. The van der Waals surface area contributed by atoms with Crippen molar-refractivity contribution in [2.24, 2.45) is 5.41 Å². The van der Waals surface area contributed by atoms with Crippen molar-refractivity contribution in [2.45, 2.75) is 58.0 Å². The minimum Gasteiger partial charge on any atom is -0.481 e. The lowest BCUT2D eigenvalue weighted by molar-refractivity contribution is -0.156. The van der Waals surface area contributed by atoms with Crippen molar-refractivity contribution in [3.05, 3.63) is 0 Å². The smallest absolute Gasteiger partial charge is 0.310 e. The summed E-state index contributed by atoms with van der Waals surface area (Å²) in [6, 6.07) is 0. The second kappa shape index (κ2) is 6.57. The first-order chi connectivity index (χ1) is 9.53. The first-order valence-corrected chi connectivity index (χ1v) is 7.66. The maximum atomic E-state index is 12.4. The van der Waals surface area contributed by atoms with Crippen LogP contribution in [0.15, 0.2) is 0 Å². The van der Waals surface area contributed by atoms with Crippen LogP contribution in [0.4, 0.5) is 0 Å². The van der Waals surface area contributed by atoms with E-state index in [1.54, 1.807) is 4.90 Å². The highest BCUT2D eigenvalue weighted by atomic mass is 16.5. The molecule has 0 aromatic carbocycles. The van der Waals surface area contributed by atoms with E-state index in [4.69, 9.17) is 4.74 Å². The zero-order valence-electron chi connectivity index (χ0n) is 12.3. The average molecular weight is 283 g/mol. The SMILES string of the molecule is CC1CN(C(=O)CC2(C(=O)O)CCCCCC2)CCO1. The van der Waals surface area contributed by atoms with Crippen molar-refractivity contribution >= 4 is 11.9 Å². The Morgan fingerprint density at radius 1 is 1.25 bits per heavy atom. The molecule has 20 heavy (non-hydrogen) atoms. The molecule has 0 aromatic heterocycles. The number of carbonyl (C=O) groups excluding carboxylic acids is 1. The second-order valence-corrected chi connectivity index (χ2v) is 6.20. The van der Waals surface area contributed by atoms with Crippen LogP contribution < -0.4 is 0 Å². The molecule has 5 heteroatoms. The number of aliphatic carboxylic acids is 1. The minimum absolute atomic E-state index is 0.0237. The van der Waals surface area contributed by atoms with E-state index in [0.29, 0.717) is 32.5 Å². The van der Waals surface area contributed by atoms with Crippen molar-refractivity contribution < 1.29 is 19.4 Å². The molecule has 0 bridgehead atoms. The minimum atomic E-state index is -0.838. The lowest BCUT2D eigenvalue weighted by atomic mass is 9.77. The zero-order valence-corrected chi connectivity index (χ0v) is 12.3. The number of carboxylic acids is 1. The highest BCUT2D eigenvalue weighted by molar-refractivity contribution is 5.85. The third-order valence-electron chi connectivity index (χ3n) is 4.60. The molecule has 5 nitrogen and oxygen atoms in total. The fraction of sp³-hybridized carbons (Fsp3) is 0.867. The molecule has 2 aliphatic rings. The molecule has 0 aromatic rings. The molecule has 2 rings (SSSR count). The van der Waals surface area contributed by atoms with E-state index in [2.05, 4.69) is 0 Å².